The maximum absolute atomic E-state index is 13.0. The Morgan fingerprint density at radius 3 is 2.16 bits per heavy atom. The van der Waals surface area contributed by atoms with Gasteiger partial charge in [0.05, 0.1) is 27.8 Å². The number of alkyl halides is 3. The van der Waals surface area contributed by atoms with Gasteiger partial charge >= 0.3 is 6.18 Å². The Labute approximate surface area is 147 Å². The highest BCUT2D eigenvalue weighted by atomic mass is 32.2. The molecule has 0 fully saturated rings. The third-order valence-electron chi connectivity index (χ3n) is 3.94. The quantitative estimate of drug-likeness (QED) is 0.523. The molecule has 0 bridgehead atoms. The number of sulfone groups is 1. The maximum Gasteiger partial charge on any atom is 0.417 e. The normalized spacial score (nSPS) is 12.1. The molecule has 0 heterocycles. The molecule has 0 saturated carbocycles. The van der Waals surface area contributed by atoms with Gasteiger partial charge in [-0.25, -0.2) is 8.42 Å². The van der Waals surface area contributed by atoms with E-state index in [9.17, 15) is 21.6 Å². The molecule has 3 nitrogen and oxygen atoms in total. The Morgan fingerprint density at radius 1 is 1.08 bits per heavy atom. The Bertz CT molecular complexity index is 691. The number of nitrogens with zero attached hydrogens (tertiary/aromatic N) is 1. The Balaban J connectivity index is 2.71. The minimum atomic E-state index is -4.80. The highest BCUT2D eigenvalue weighted by molar-refractivity contribution is 7.91. The van der Waals surface area contributed by atoms with E-state index in [1.165, 1.54) is 6.42 Å². The van der Waals surface area contributed by atoms with Gasteiger partial charge in [-0.15, -0.1) is 0 Å². The molecule has 7 heteroatoms. The van der Waals surface area contributed by atoms with Gasteiger partial charge in [-0.3, -0.25) is 0 Å². The summed E-state index contributed by atoms with van der Waals surface area (Å²) in [4.78, 5) is -0.821. The van der Waals surface area contributed by atoms with Crippen LogP contribution in [0.1, 0.15) is 69.4 Å². The third-order valence-corrected chi connectivity index (χ3v) is 5.77. The topological polar surface area (TPSA) is 57.9 Å². The Morgan fingerprint density at radius 2 is 1.64 bits per heavy atom. The predicted molar refractivity (Wildman–Crippen MR) is 89.7 cm³/mol. The maximum atomic E-state index is 13.0. The summed E-state index contributed by atoms with van der Waals surface area (Å²) in [5.74, 6) is -0.347. The van der Waals surface area contributed by atoms with Gasteiger partial charge in [0.15, 0.2) is 9.84 Å². The summed E-state index contributed by atoms with van der Waals surface area (Å²) < 4.78 is 63.7. The molecular weight excluding hydrogens is 351 g/mol. The van der Waals surface area contributed by atoms with Crippen LogP contribution in [-0.4, -0.2) is 14.2 Å². The lowest BCUT2D eigenvalue weighted by atomic mass is 10.1. The molecule has 0 amide bonds. The zero-order chi connectivity index (χ0) is 18.9. The van der Waals surface area contributed by atoms with E-state index in [0.717, 1.165) is 38.2 Å². The first-order valence-corrected chi connectivity index (χ1v) is 10.1. The molecule has 0 spiro atoms. The fourth-order valence-electron chi connectivity index (χ4n) is 2.55. The number of halogens is 3. The van der Waals surface area contributed by atoms with Gasteiger partial charge in [-0.05, 0) is 18.6 Å². The number of rotatable bonds is 10. The number of nitriles is 1. The van der Waals surface area contributed by atoms with Crippen molar-refractivity contribution in [1.82, 2.24) is 0 Å². The van der Waals surface area contributed by atoms with Crippen LogP contribution in [0.4, 0.5) is 13.2 Å². The average molecular weight is 374 g/mol. The first-order valence-electron chi connectivity index (χ1n) is 8.48. The summed E-state index contributed by atoms with van der Waals surface area (Å²) in [7, 11) is -4.10. The van der Waals surface area contributed by atoms with Crippen LogP contribution in [0, 0.1) is 17.4 Å². The molecule has 0 aromatic heterocycles. The predicted octanol–water partition coefficient (Wildman–Crippen LogP) is 5.29. The van der Waals surface area contributed by atoms with Gasteiger partial charge in [0.25, 0.3) is 0 Å². The number of benzene rings is 1. The van der Waals surface area contributed by atoms with Gasteiger partial charge in [0, 0.05) is 6.07 Å². The van der Waals surface area contributed by atoms with Crippen molar-refractivity contribution in [3.63, 3.8) is 0 Å². The molecule has 1 rings (SSSR count). The highest BCUT2D eigenvalue weighted by Crippen LogP contribution is 2.35. The van der Waals surface area contributed by atoms with Crippen LogP contribution in [0.2, 0.25) is 0 Å². The minimum absolute atomic E-state index is 0.220. The van der Waals surface area contributed by atoms with Crippen molar-refractivity contribution in [3.8, 4) is 6.07 Å². The molecule has 0 aliphatic heterocycles. The van der Waals surface area contributed by atoms with Crippen LogP contribution < -0.4 is 0 Å². The third kappa shape index (κ3) is 7.07. The minimum Gasteiger partial charge on any atom is -0.224 e. The van der Waals surface area contributed by atoms with Crippen molar-refractivity contribution in [3.05, 3.63) is 29.3 Å². The number of hydrogen-bond donors (Lipinski definition) is 0. The molecule has 0 N–H and O–H groups in total. The number of hydrogen-bond acceptors (Lipinski definition) is 3. The van der Waals surface area contributed by atoms with E-state index in [0.29, 0.717) is 18.9 Å². The summed E-state index contributed by atoms with van der Waals surface area (Å²) >= 11 is 0. The van der Waals surface area contributed by atoms with E-state index in [2.05, 4.69) is 13.0 Å². The zero-order valence-electron chi connectivity index (χ0n) is 14.3. The summed E-state index contributed by atoms with van der Waals surface area (Å²) in [6.45, 7) is 2.12. The SMILES string of the molecule is CCCCCCCCCCS(=O)(=O)c1cc(C#N)[c]cc1C(F)(F)F. The summed E-state index contributed by atoms with van der Waals surface area (Å²) in [5, 5.41) is 8.80. The lowest BCUT2D eigenvalue weighted by molar-refractivity contribution is -0.139. The van der Waals surface area contributed by atoms with Gasteiger partial charge in [0.2, 0.25) is 0 Å². The highest BCUT2D eigenvalue weighted by Gasteiger charge is 2.37. The second-order valence-electron chi connectivity index (χ2n) is 6.03. The van der Waals surface area contributed by atoms with Crippen molar-refractivity contribution in [1.29, 1.82) is 5.26 Å². The monoisotopic (exact) mass is 374 g/mol. The van der Waals surface area contributed by atoms with Crippen molar-refractivity contribution < 1.29 is 21.6 Å². The molecule has 0 saturated heterocycles. The van der Waals surface area contributed by atoms with Crippen molar-refractivity contribution >= 4 is 9.84 Å². The van der Waals surface area contributed by atoms with E-state index in [-0.39, 0.29) is 11.3 Å². The molecule has 1 aromatic rings. The van der Waals surface area contributed by atoms with Crippen molar-refractivity contribution in [2.45, 2.75) is 69.4 Å². The average Bonchev–Trinajstić information content (AvgIpc) is 2.55. The van der Waals surface area contributed by atoms with Crippen LogP contribution in [0.3, 0.4) is 0 Å². The molecule has 0 aliphatic carbocycles. The second-order valence-corrected chi connectivity index (χ2v) is 8.11. The molecule has 0 aliphatic rings. The molecule has 0 atom stereocenters. The smallest absolute Gasteiger partial charge is 0.224 e. The molecule has 1 radical (unpaired) electrons. The first kappa shape index (κ1) is 21.5. The van der Waals surface area contributed by atoms with Crippen LogP contribution in [0.5, 0.6) is 0 Å². The van der Waals surface area contributed by atoms with Crippen LogP contribution in [0.25, 0.3) is 0 Å². The van der Waals surface area contributed by atoms with Gasteiger partial charge in [-0.1, -0.05) is 51.9 Å². The van der Waals surface area contributed by atoms with Gasteiger partial charge < -0.3 is 0 Å². The zero-order valence-corrected chi connectivity index (χ0v) is 15.1. The first-order chi connectivity index (χ1) is 11.7. The van der Waals surface area contributed by atoms with Gasteiger partial charge in [0.1, 0.15) is 0 Å². The van der Waals surface area contributed by atoms with E-state index in [1.54, 1.807) is 6.07 Å². The Kier molecular flexibility index (Phi) is 8.43. The van der Waals surface area contributed by atoms with E-state index >= 15 is 0 Å². The number of unbranched alkanes of at least 4 members (excludes halogenated alkanes) is 7. The van der Waals surface area contributed by atoms with Crippen molar-refractivity contribution in [2.75, 3.05) is 5.75 Å². The fourth-order valence-corrected chi connectivity index (χ4v) is 4.16. The summed E-state index contributed by atoms with van der Waals surface area (Å²) in [6.07, 6.45) is 2.64. The Hall–Kier alpha value is -1.55. The lowest BCUT2D eigenvalue weighted by Crippen LogP contribution is -2.16. The van der Waals surface area contributed by atoms with Crippen LogP contribution >= 0.6 is 0 Å². The molecule has 139 valence electrons. The van der Waals surface area contributed by atoms with E-state index in [1.807, 2.05) is 0 Å². The molecular formula is C18H23F3NO2S. The van der Waals surface area contributed by atoms with Crippen LogP contribution in [-0.2, 0) is 16.0 Å². The molecule has 1 aromatic carbocycles. The lowest BCUT2D eigenvalue weighted by Gasteiger charge is -2.13. The van der Waals surface area contributed by atoms with E-state index < -0.39 is 26.5 Å². The fraction of sp³-hybridized carbons (Fsp3) is 0.611. The van der Waals surface area contributed by atoms with Gasteiger partial charge in [-0.2, -0.15) is 18.4 Å². The standard InChI is InChI=1S/C18H23F3NO2S/c1-2-3-4-5-6-7-8-9-12-25(23,24)17-13-15(14-22)10-11-16(17)18(19,20)21/h11,13H,2-9,12H2,1H3. The van der Waals surface area contributed by atoms with E-state index in [4.69, 9.17) is 5.26 Å². The van der Waals surface area contributed by atoms with Crippen LogP contribution in [0.15, 0.2) is 17.0 Å². The molecule has 25 heavy (non-hydrogen) atoms. The summed E-state index contributed by atoms with van der Waals surface area (Å²) in [5.41, 5.74) is -1.48. The molecule has 0 unspecified atom stereocenters. The second kappa shape index (κ2) is 9.81. The largest absolute Gasteiger partial charge is 0.417 e. The summed E-state index contributed by atoms with van der Waals surface area (Å²) in [6, 6.07) is 5.10. The van der Waals surface area contributed by atoms with Crippen molar-refractivity contribution in [2.24, 2.45) is 0 Å².